The van der Waals surface area contributed by atoms with Crippen molar-refractivity contribution >= 4 is 21.8 Å². The second-order valence-electron chi connectivity index (χ2n) is 8.96. The lowest BCUT2D eigenvalue weighted by Crippen LogP contribution is -2.49. The molecule has 0 saturated carbocycles. The van der Waals surface area contributed by atoms with Crippen molar-refractivity contribution in [2.75, 3.05) is 39.5 Å². The van der Waals surface area contributed by atoms with E-state index in [0.29, 0.717) is 38.6 Å². The fourth-order valence-electron chi connectivity index (χ4n) is 3.97. The van der Waals surface area contributed by atoms with Gasteiger partial charge < -0.3 is 19.7 Å². The van der Waals surface area contributed by atoms with E-state index in [4.69, 9.17) is 9.47 Å². The van der Waals surface area contributed by atoms with E-state index in [1.807, 2.05) is 30.3 Å². The molecule has 0 radical (unpaired) electrons. The Bertz CT molecular complexity index is 1100. The summed E-state index contributed by atoms with van der Waals surface area (Å²) in [5.74, 6) is -0.186. The number of sulfonamides is 1. The molecule has 202 valence electrons. The van der Waals surface area contributed by atoms with Gasteiger partial charge in [-0.3, -0.25) is 9.59 Å². The minimum atomic E-state index is -3.61. The molecule has 37 heavy (non-hydrogen) atoms. The predicted octanol–water partition coefficient (Wildman–Crippen LogP) is 2.81. The zero-order valence-corrected chi connectivity index (χ0v) is 22.4. The zero-order valence-electron chi connectivity index (χ0n) is 21.6. The molecule has 0 aromatic heterocycles. The summed E-state index contributed by atoms with van der Waals surface area (Å²) < 4.78 is 37.9. The Balaban J connectivity index is 1.64. The summed E-state index contributed by atoms with van der Waals surface area (Å²) in [4.78, 5) is 27.6. The van der Waals surface area contributed by atoms with Crippen molar-refractivity contribution in [3.63, 3.8) is 0 Å². The smallest absolute Gasteiger partial charge is 0.261 e. The molecule has 2 amide bonds. The average molecular weight is 532 g/mol. The second-order valence-corrected chi connectivity index (χ2v) is 10.9. The lowest BCUT2D eigenvalue weighted by molar-refractivity contribution is -0.142. The monoisotopic (exact) mass is 531 g/mol. The normalized spacial score (nSPS) is 15.1. The van der Waals surface area contributed by atoms with Crippen LogP contribution in [-0.2, 0) is 30.9 Å². The summed E-state index contributed by atoms with van der Waals surface area (Å²) in [5.41, 5.74) is 0.902. The van der Waals surface area contributed by atoms with Crippen molar-refractivity contribution in [1.82, 2.24) is 14.5 Å². The van der Waals surface area contributed by atoms with Crippen molar-refractivity contribution in [2.24, 2.45) is 0 Å². The van der Waals surface area contributed by atoms with Crippen LogP contribution >= 0.6 is 0 Å². The molecule has 1 fully saturated rings. The van der Waals surface area contributed by atoms with E-state index in [1.165, 1.54) is 33.5 Å². The predicted molar refractivity (Wildman–Crippen MR) is 141 cm³/mol. The number of amides is 2. The van der Waals surface area contributed by atoms with Crippen LogP contribution in [0, 0.1) is 0 Å². The first kappa shape index (κ1) is 28.6. The van der Waals surface area contributed by atoms with Crippen LogP contribution in [0.1, 0.15) is 38.7 Å². The fourth-order valence-corrected chi connectivity index (χ4v) is 5.38. The number of carbonyl (C=O) groups is 2. The van der Waals surface area contributed by atoms with Crippen LogP contribution < -0.4 is 10.1 Å². The SMILES string of the molecule is CCCCCNC(=O)[C@@H](C)N(Cc1ccccc1)C(=O)COc1ccc(S(=O)(=O)N2CCOCC2)cc1. The molecule has 0 bridgehead atoms. The highest BCUT2D eigenvalue weighted by molar-refractivity contribution is 7.89. The number of unbranched alkanes of at least 4 members (excludes halogenated alkanes) is 2. The Hall–Kier alpha value is -2.95. The van der Waals surface area contributed by atoms with E-state index in [1.54, 1.807) is 6.92 Å². The summed E-state index contributed by atoms with van der Waals surface area (Å²) in [6.07, 6.45) is 2.98. The van der Waals surface area contributed by atoms with Crippen LogP contribution in [0.25, 0.3) is 0 Å². The third-order valence-electron chi connectivity index (χ3n) is 6.24. The third-order valence-corrected chi connectivity index (χ3v) is 8.15. The van der Waals surface area contributed by atoms with Crippen LogP contribution in [0.2, 0.25) is 0 Å². The van der Waals surface area contributed by atoms with E-state index in [2.05, 4.69) is 12.2 Å². The molecule has 1 aliphatic rings. The quantitative estimate of drug-likeness (QED) is 0.399. The largest absolute Gasteiger partial charge is 0.484 e. The summed E-state index contributed by atoms with van der Waals surface area (Å²) >= 11 is 0. The average Bonchev–Trinajstić information content (AvgIpc) is 2.93. The summed E-state index contributed by atoms with van der Waals surface area (Å²) in [6, 6.07) is 14.8. The molecule has 1 saturated heterocycles. The Morgan fingerprint density at radius 2 is 1.73 bits per heavy atom. The molecule has 1 aliphatic heterocycles. The van der Waals surface area contributed by atoms with Gasteiger partial charge in [-0.15, -0.1) is 0 Å². The molecule has 2 aromatic carbocycles. The number of hydrogen-bond acceptors (Lipinski definition) is 6. The number of carbonyl (C=O) groups excluding carboxylic acids is 2. The molecule has 2 aromatic rings. The Kier molecular flexibility index (Phi) is 10.9. The van der Waals surface area contributed by atoms with Gasteiger partial charge in [-0.2, -0.15) is 4.31 Å². The highest BCUT2D eigenvalue weighted by Gasteiger charge is 2.28. The van der Waals surface area contributed by atoms with Gasteiger partial charge in [-0.25, -0.2) is 8.42 Å². The fraction of sp³-hybridized carbons (Fsp3) is 0.481. The summed E-state index contributed by atoms with van der Waals surface area (Å²) in [7, 11) is -3.61. The van der Waals surface area contributed by atoms with Gasteiger partial charge >= 0.3 is 0 Å². The summed E-state index contributed by atoms with van der Waals surface area (Å²) in [5, 5.41) is 2.92. The molecular formula is C27H37N3O6S. The summed E-state index contributed by atoms with van der Waals surface area (Å²) in [6.45, 7) is 5.74. The molecular weight excluding hydrogens is 494 g/mol. The number of nitrogens with zero attached hydrogens (tertiary/aromatic N) is 2. The van der Waals surface area contributed by atoms with Gasteiger partial charge in [0.2, 0.25) is 15.9 Å². The van der Waals surface area contributed by atoms with Crippen LogP contribution in [0.3, 0.4) is 0 Å². The lowest BCUT2D eigenvalue weighted by atomic mass is 10.1. The van der Waals surface area contributed by atoms with Crippen molar-refractivity contribution in [1.29, 1.82) is 0 Å². The molecule has 1 heterocycles. The van der Waals surface area contributed by atoms with Gasteiger partial charge in [-0.05, 0) is 43.2 Å². The van der Waals surface area contributed by atoms with E-state index < -0.39 is 16.1 Å². The Morgan fingerprint density at radius 3 is 2.38 bits per heavy atom. The number of nitrogens with one attached hydrogen (secondary N) is 1. The van der Waals surface area contributed by atoms with Crippen molar-refractivity contribution in [2.45, 2.75) is 50.6 Å². The van der Waals surface area contributed by atoms with E-state index in [9.17, 15) is 18.0 Å². The molecule has 1 N–H and O–H groups in total. The second kappa shape index (κ2) is 14.1. The van der Waals surface area contributed by atoms with Crippen molar-refractivity contribution in [3.8, 4) is 5.75 Å². The first-order chi connectivity index (χ1) is 17.8. The van der Waals surface area contributed by atoms with Crippen LogP contribution in [-0.4, -0.2) is 74.9 Å². The van der Waals surface area contributed by atoms with E-state index in [-0.39, 0.29) is 29.9 Å². The van der Waals surface area contributed by atoms with Gasteiger partial charge in [0.15, 0.2) is 6.61 Å². The van der Waals surface area contributed by atoms with Gasteiger partial charge in [0.1, 0.15) is 11.8 Å². The van der Waals surface area contributed by atoms with Crippen molar-refractivity contribution in [3.05, 3.63) is 60.2 Å². The van der Waals surface area contributed by atoms with Gasteiger partial charge in [0, 0.05) is 26.2 Å². The van der Waals surface area contributed by atoms with Crippen LogP contribution in [0.5, 0.6) is 5.75 Å². The molecule has 3 rings (SSSR count). The van der Waals surface area contributed by atoms with Gasteiger partial charge in [0.05, 0.1) is 18.1 Å². The van der Waals surface area contributed by atoms with Crippen LogP contribution in [0.15, 0.2) is 59.5 Å². The first-order valence-electron chi connectivity index (χ1n) is 12.7. The number of rotatable bonds is 13. The van der Waals surface area contributed by atoms with Gasteiger partial charge in [-0.1, -0.05) is 50.1 Å². The van der Waals surface area contributed by atoms with Gasteiger partial charge in [0.25, 0.3) is 5.91 Å². The highest BCUT2D eigenvalue weighted by Crippen LogP contribution is 2.21. The first-order valence-corrected chi connectivity index (χ1v) is 14.2. The van der Waals surface area contributed by atoms with Crippen LogP contribution in [0.4, 0.5) is 0 Å². The maximum atomic E-state index is 13.2. The van der Waals surface area contributed by atoms with E-state index >= 15 is 0 Å². The minimum absolute atomic E-state index is 0.159. The molecule has 1 atom stereocenters. The number of hydrogen-bond donors (Lipinski definition) is 1. The Morgan fingerprint density at radius 1 is 1.05 bits per heavy atom. The topological polar surface area (TPSA) is 105 Å². The molecule has 0 unspecified atom stereocenters. The maximum Gasteiger partial charge on any atom is 0.261 e. The molecule has 9 nitrogen and oxygen atoms in total. The number of benzene rings is 2. The Labute approximate surface area is 219 Å². The number of ether oxygens (including phenoxy) is 2. The molecule has 0 spiro atoms. The minimum Gasteiger partial charge on any atom is -0.484 e. The standard InChI is InChI=1S/C27H37N3O6S/c1-3-4-8-15-28-27(32)22(2)30(20-23-9-6-5-7-10-23)26(31)21-36-24-11-13-25(14-12-24)37(33,34)29-16-18-35-19-17-29/h5-7,9-14,22H,3-4,8,15-21H2,1-2H3,(H,28,32)/t22-/m1/s1. The van der Waals surface area contributed by atoms with E-state index in [0.717, 1.165) is 24.8 Å². The lowest BCUT2D eigenvalue weighted by Gasteiger charge is -2.29. The highest BCUT2D eigenvalue weighted by atomic mass is 32.2. The van der Waals surface area contributed by atoms with Crippen molar-refractivity contribution < 1.29 is 27.5 Å². The third kappa shape index (κ3) is 8.28. The molecule has 10 heteroatoms. The molecule has 0 aliphatic carbocycles. The zero-order chi connectivity index (χ0) is 26.7. The number of morpholine rings is 1. The maximum absolute atomic E-state index is 13.2.